The van der Waals surface area contributed by atoms with Crippen molar-refractivity contribution >= 4 is 39.8 Å². The maximum Gasteiger partial charge on any atom is 0.325 e. The molecule has 132 valence electrons. The summed E-state index contributed by atoms with van der Waals surface area (Å²) >= 11 is 7.52. The van der Waals surface area contributed by atoms with Gasteiger partial charge in [0.2, 0.25) is 0 Å². The molecule has 3 aromatic rings. The SMILES string of the molecule is CC1(c2ccccc2Cl)NC(=O)N(Cc2cc(=O)n3ccsc3n2)C1=O. The van der Waals surface area contributed by atoms with Crippen molar-refractivity contribution in [1.29, 1.82) is 0 Å². The van der Waals surface area contributed by atoms with E-state index in [1.807, 2.05) is 0 Å². The van der Waals surface area contributed by atoms with Crippen LogP contribution in [0.25, 0.3) is 4.96 Å². The van der Waals surface area contributed by atoms with Crippen LogP contribution in [0.15, 0.2) is 46.7 Å². The molecule has 1 aromatic carbocycles. The molecule has 0 aliphatic carbocycles. The Kier molecular flexibility index (Phi) is 3.82. The molecule has 1 N–H and O–H groups in total. The third-order valence-corrected chi connectivity index (χ3v) is 5.45. The number of carbonyl (C=O) groups excluding carboxylic acids is 2. The van der Waals surface area contributed by atoms with E-state index >= 15 is 0 Å². The number of rotatable bonds is 3. The minimum atomic E-state index is -1.27. The number of nitrogens with zero attached hydrogens (tertiary/aromatic N) is 3. The standard InChI is InChI=1S/C17H13ClN4O3S/c1-17(11-4-2-3-5-12(11)18)14(24)22(15(25)20-17)9-10-8-13(23)21-6-7-26-16(21)19-10/h2-8H,9H2,1H3,(H,20,25). The van der Waals surface area contributed by atoms with Crippen LogP contribution in [0.4, 0.5) is 4.79 Å². The number of thiazole rings is 1. The predicted molar refractivity (Wildman–Crippen MR) is 97.2 cm³/mol. The third kappa shape index (κ3) is 2.49. The van der Waals surface area contributed by atoms with Crippen molar-refractivity contribution in [3.8, 4) is 0 Å². The zero-order chi connectivity index (χ0) is 18.5. The van der Waals surface area contributed by atoms with E-state index in [2.05, 4.69) is 10.3 Å². The summed E-state index contributed by atoms with van der Waals surface area (Å²) in [4.78, 5) is 43.4. The van der Waals surface area contributed by atoms with Gasteiger partial charge in [0.05, 0.1) is 12.2 Å². The molecule has 1 aliphatic rings. The van der Waals surface area contributed by atoms with E-state index in [1.165, 1.54) is 21.8 Å². The first-order valence-corrected chi connectivity index (χ1v) is 9.01. The Morgan fingerprint density at radius 2 is 2.04 bits per heavy atom. The lowest BCUT2D eigenvalue weighted by Gasteiger charge is -2.23. The number of imide groups is 1. The Morgan fingerprint density at radius 3 is 2.81 bits per heavy atom. The summed E-state index contributed by atoms with van der Waals surface area (Å²) in [6.45, 7) is 1.52. The van der Waals surface area contributed by atoms with E-state index in [0.717, 1.165) is 4.90 Å². The molecule has 1 aliphatic heterocycles. The molecular weight excluding hydrogens is 376 g/mol. The van der Waals surface area contributed by atoms with Gasteiger partial charge in [0.1, 0.15) is 5.54 Å². The second-order valence-corrected chi connectivity index (χ2v) is 7.35. The van der Waals surface area contributed by atoms with Gasteiger partial charge in [-0.15, -0.1) is 11.3 Å². The molecule has 4 rings (SSSR count). The fourth-order valence-electron chi connectivity index (χ4n) is 3.02. The predicted octanol–water partition coefficient (Wildman–Crippen LogP) is 2.38. The molecule has 3 heterocycles. The summed E-state index contributed by atoms with van der Waals surface area (Å²) in [6, 6.07) is 7.64. The smallest absolute Gasteiger partial charge is 0.319 e. The van der Waals surface area contributed by atoms with Gasteiger partial charge in [-0.3, -0.25) is 18.9 Å². The van der Waals surface area contributed by atoms with Crippen LogP contribution in [0, 0.1) is 0 Å². The summed E-state index contributed by atoms with van der Waals surface area (Å²) in [6.07, 6.45) is 1.63. The minimum Gasteiger partial charge on any atom is -0.319 e. The average Bonchev–Trinajstić information content (AvgIpc) is 3.15. The van der Waals surface area contributed by atoms with Crippen LogP contribution in [0.3, 0.4) is 0 Å². The number of carbonyl (C=O) groups is 2. The number of benzene rings is 1. The van der Waals surface area contributed by atoms with Gasteiger partial charge in [0, 0.05) is 28.2 Å². The van der Waals surface area contributed by atoms with E-state index in [1.54, 1.807) is 42.8 Å². The number of hydrogen-bond acceptors (Lipinski definition) is 5. The first kappa shape index (κ1) is 16.7. The second-order valence-electron chi connectivity index (χ2n) is 6.07. The van der Waals surface area contributed by atoms with E-state index in [9.17, 15) is 14.4 Å². The number of fused-ring (bicyclic) bond motifs is 1. The van der Waals surface area contributed by atoms with Crippen molar-refractivity contribution in [2.75, 3.05) is 0 Å². The Balaban J connectivity index is 1.69. The molecule has 3 amide bonds. The lowest BCUT2D eigenvalue weighted by atomic mass is 9.92. The summed E-state index contributed by atoms with van der Waals surface area (Å²) in [5.41, 5.74) is -0.655. The van der Waals surface area contributed by atoms with E-state index in [-0.39, 0.29) is 12.1 Å². The molecule has 26 heavy (non-hydrogen) atoms. The van der Waals surface area contributed by atoms with Crippen LogP contribution in [-0.4, -0.2) is 26.2 Å². The lowest BCUT2D eigenvalue weighted by molar-refractivity contribution is -0.131. The van der Waals surface area contributed by atoms with Crippen molar-refractivity contribution in [3.05, 3.63) is 68.5 Å². The van der Waals surface area contributed by atoms with Crippen molar-refractivity contribution < 1.29 is 9.59 Å². The zero-order valence-corrected chi connectivity index (χ0v) is 15.2. The number of nitrogens with one attached hydrogen (secondary N) is 1. The van der Waals surface area contributed by atoms with Gasteiger partial charge in [-0.1, -0.05) is 29.8 Å². The second kappa shape index (κ2) is 5.93. The van der Waals surface area contributed by atoms with E-state index in [0.29, 0.717) is 21.2 Å². The third-order valence-electron chi connectivity index (χ3n) is 4.36. The van der Waals surface area contributed by atoms with Gasteiger partial charge < -0.3 is 5.32 Å². The largest absolute Gasteiger partial charge is 0.325 e. The van der Waals surface area contributed by atoms with Gasteiger partial charge >= 0.3 is 6.03 Å². The highest BCUT2D eigenvalue weighted by Gasteiger charge is 2.49. The highest BCUT2D eigenvalue weighted by atomic mass is 35.5. The molecule has 9 heteroatoms. The molecule has 1 saturated heterocycles. The van der Waals surface area contributed by atoms with Gasteiger partial charge in [-0.25, -0.2) is 9.78 Å². The Bertz CT molecular complexity index is 1110. The summed E-state index contributed by atoms with van der Waals surface area (Å²) in [7, 11) is 0. The van der Waals surface area contributed by atoms with E-state index in [4.69, 9.17) is 11.6 Å². The number of aromatic nitrogens is 2. The van der Waals surface area contributed by atoms with Crippen molar-refractivity contribution in [2.45, 2.75) is 19.0 Å². The molecule has 1 fully saturated rings. The average molecular weight is 389 g/mol. The number of urea groups is 1. The number of hydrogen-bond donors (Lipinski definition) is 1. The normalized spacial score (nSPS) is 20.0. The van der Waals surface area contributed by atoms with Gasteiger partial charge in [0.15, 0.2) is 4.96 Å². The molecule has 0 saturated carbocycles. The van der Waals surface area contributed by atoms with Crippen molar-refractivity contribution in [2.24, 2.45) is 0 Å². The summed E-state index contributed by atoms with van der Waals surface area (Å²) in [5.74, 6) is -0.441. The van der Waals surface area contributed by atoms with Crippen molar-refractivity contribution in [3.63, 3.8) is 0 Å². The molecule has 0 radical (unpaired) electrons. The Labute approximate surface area is 156 Å². The van der Waals surface area contributed by atoms with E-state index < -0.39 is 17.5 Å². The molecule has 2 aromatic heterocycles. The first-order chi connectivity index (χ1) is 12.4. The van der Waals surface area contributed by atoms with Gasteiger partial charge in [-0.05, 0) is 13.0 Å². The molecule has 0 bridgehead atoms. The minimum absolute atomic E-state index is 0.0889. The zero-order valence-electron chi connectivity index (χ0n) is 13.6. The van der Waals surface area contributed by atoms with Crippen LogP contribution in [0.1, 0.15) is 18.2 Å². The molecule has 7 nitrogen and oxygen atoms in total. The topological polar surface area (TPSA) is 83.8 Å². The quantitative estimate of drug-likeness (QED) is 0.698. The fourth-order valence-corrected chi connectivity index (χ4v) is 4.08. The van der Waals surface area contributed by atoms with Gasteiger partial charge in [0.25, 0.3) is 11.5 Å². The Hall–Kier alpha value is -2.71. The monoisotopic (exact) mass is 388 g/mol. The molecule has 0 spiro atoms. The Morgan fingerprint density at radius 1 is 1.27 bits per heavy atom. The number of amides is 3. The lowest BCUT2D eigenvalue weighted by Crippen LogP contribution is -2.41. The maximum absolute atomic E-state index is 13.0. The van der Waals surface area contributed by atoms with Gasteiger partial charge in [-0.2, -0.15) is 0 Å². The molecule has 1 unspecified atom stereocenters. The van der Waals surface area contributed by atoms with Crippen LogP contribution in [-0.2, 0) is 16.9 Å². The molecular formula is C17H13ClN4O3S. The molecule has 1 atom stereocenters. The number of halogens is 1. The maximum atomic E-state index is 13.0. The summed E-state index contributed by atoms with van der Waals surface area (Å²) in [5, 5.41) is 4.84. The highest BCUT2D eigenvalue weighted by Crippen LogP contribution is 2.33. The van der Waals surface area contributed by atoms with Crippen LogP contribution >= 0.6 is 22.9 Å². The van der Waals surface area contributed by atoms with Crippen LogP contribution in [0.5, 0.6) is 0 Å². The van der Waals surface area contributed by atoms with Crippen molar-refractivity contribution in [1.82, 2.24) is 19.6 Å². The van der Waals surface area contributed by atoms with Crippen LogP contribution in [0.2, 0.25) is 5.02 Å². The highest BCUT2D eigenvalue weighted by molar-refractivity contribution is 7.15. The van der Waals surface area contributed by atoms with Crippen LogP contribution < -0.4 is 10.9 Å². The first-order valence-electron chi connectivity index (χ1n) is 7.75. The summed E-state index contributed by atoms with van der Waals surface area (Å²) < 4.78 is 1.41. The fraction of sp³-hybridized carbons (Fsp3) is 0.176.